The number of anilines is 2. The maximum atomic E-state index is 14.4. The second-order valence-corrected chi connectivity index (χ2v) is 8.42. The highest BCUT2D eigenvalue weighted by Gasteiger charge is 2.52. The van der Waals surface area contributed by atoms with E-state index in [1.807, 2.05) is 0 Å². The van der Waals surface area contributed by atoms with Crippen molar-refractivity contribution >= 4 is 34.8 Å². The highest BCUT2D eigenvalue weighted by Crippen LogP contribution is 2.48. The minimum Gasteiger partial charge on any atom is -0.497 e. The highest BCUT2D eigenvalue weighted by molar-refractivity contribution is 6.30. The maximum absolute atomic E-state index is 14.4. The molecule has 2 amide bonds. The zero-order valence-electron chi connectivity index (χ0n) is 18.9. The van der Waals surface area contributed by atoms with Crippen molar-refractivity contribution in [3.63, 3.8) is 0 Å². The van der Waals surface area contributed by atoms with E-state index >= 15 is 0 Å². The summed E-state index contributed by atoms with van der Waals surface area (Å²) in [6.45, 7) is 1.63. The van der Waals surface area contributed by atoms with Gasteiger partial charge in [0.2, 0.25) is 5.91 Å². The molecule has 0 bridgehead atoms. The summed E-state index contributed by atoms with van der Waals surface area (Å²) in [5, 5.41) is 0.423. The van der Waals surface area contributed by atoms with E-state index in [-0.39, 0.29) is 23.8 Å². The van der Waals surface area contributed by atoms with Gasteiger partial charge in [0.15, 0.2) is 5.76 Å². The van der Waals surface area contributed by atoms with Crippen LogP contribution in [0.15, 0.2) is 65.3 Å². The molecule has 0 N–H and O–H groups in total. The van der Waals surface area contributed by atoms with Crippen molar-refractivity contribution < 1.29 is 31.9 Å². The Kier molecular flexibility index (Phi) is 6.80. The van der Waals surface area contributed by atoms with Crippen LogP contribution in [0.25, 0.3) is 0 Å². The van der Waals surface area contributed by atoms with Crippen LogP contribution in [0, 0.1) is 0 Å². The number of hydrogen-bond acceptors (Lipinski definition) is 4. The van der Waals surface area contributed by atoms with Crippen LogP contribution in [0.2, 0.25) is 5.02 Å². The number of methoxy groups -OCH3 is 1. The lowest BCUT2D eigenvalue weighted by atomic mass is 9.88. The van der Waals surface area contributed by atoms with Crippen LogP contribution in [0.5, 0.6) is 5.75 Å². The van der Waals surface area contributed by atoms with Crippen LogP contribution >= 0.6 is 11.6 Å². The Balaban J connectivity index is 1.93. The van der Waals surface area contributed by atoms with Crippen LogP contribution in [-0.4, -0.2) is 31.1 Å². The summed E-state index contributed by atoms with van der Waals surface area (Å²) in [5.74, 6) is -1.15. The molecule has 2 heterocycles. The van der Waals surface area contributed by atoms with Crippen LogP contribution in [0.4, 0.5) is 24.5 Å². The van der Waals surface area contributed by atoms with Crippen molar-refractivity contribution in [1.82, 2.24) is 0 Å². The minimum absolute atomic E-state index is 0.0219. The fourth-order valence-electron chi connectivity index (χ4n) is 4.32. The molecule has 0 aliphatic carbocycles. The molecule has 0 saturated heterocycles. The molecule has 0 radical (unpaired) electrons. The number of amides is 2. The Morgan fingerprint density at radius 2 is 1.89 bits per heavy atom. The molecule has 2 atom stereocenters. The lowest BCUT2D eigenvalue weighted by Crippen LogP contribution is -2.54. The Labute approximate surface area is 204 Å². The number of ether oxygens (including phenoxy) is 1. The van der Waals surface area contributed by atoms with Gasteiger partial charge in [-0.15, -0.1) is 0 Å². The molecule has 1 aliphatic rings. The number of halogens is 4. The second kappa shape index (κ2) is 9.65. The highest BCUT2D eigenvalue weighted by atomic mass is 35.5. The quantitative estimate of drug-likeness (QED) is 0.401. The second-order valence-electron chi connectivity index (χ2n) is 7.98. The minimum atomic E-state index is -4.78. The molecule has 2 aromatic carbocycles. The number of nitrogens with zero attached hydrogens (tertiary/aromatic N) is 2. The summed E-state index contributed by atoms with van der Waals surface area (Å²) < 4.78 is 53.7. The molecule has 0 spiro atoms. The monoisotopic (exact) mass is 506 g/mol. The largest absolute Gasteiger partial charge is 0.497 e. The average Bonchev–Trinajstić information content (AvgIpc) is 3.38. The number of furan rings is 1. The summed E-state index contributed by atoms with van der Waals surface area (Å²) >= 11 is 6.00. The molecule has 4 rings (SSSR count). The SMILES string of the molecule is CCC(=O)N(c1ccc(Cl)cc1)[C@@H]1C[C@H](C(F)(F)F)N(C(=O)c2ccco2)c2ccc(OC)cc21. The maximum Gasteiger partial charge on any atom is 0.409 e. The molecule has 3 aromatic rings. The third kappa shape index (κ3) is 4.73. The molecule has 0 unspecified atom stereocenters. The van der Waals surface area contributed by atoms with Gasteiger partial charge in [-0.25, -0.2) is 0 Å². The number of benzene rings is 2. The van der Waals surface area contributed by atoms with Gasteiger partial charge in [-0.1, -0.05) is 18.5 Å². The first-order valence-electron chi connectivity index (χ1n) is 10.8. The first-order valence-corrected chi connectivity index (χ1v) is 11.2. The molecule has 1 aromatic heterocycles. The van der Waals surface area contributed by atoms with Gasteiger partial charge in [0, 0.05) is 29.1 Å². The van der Waals surface area contributed by atoms with Crippen LogP contribution in [0.1, 0.15) is 41.9 Å². The van der Waals surface area contributed by atoms with Gasteiger partial charge < -0.3 is 14.1 Å². The number of fused-ring (bicyclic) bond motifs is 1. The molecule has 0 fully saturated rings. The van der Waals surface area contributed by atoms with E-state index in [2.05, 4.69) is 0 Å². The van der Waals surface area contributed by atoms with Crippen LogP contribution in [-0.2, 0) is 4.79 Å². The summed E-state index contributed by atoms with van der Waals surface area (Å²) in [6.07, 6.45) is -4.08. The number of alkyl halides is 3. The van der Waals surface area contributed by atoms with Crippen molar-refractivity contribution in [3.8, 4) is 5.75 Å². The number of hydrogen-bond donors (Lipinski definition) is 0. The van der Waals surface area contributed by atoms with E-state index in [0.29, 0.717) is 26.9 Å². The molecule has 10 heteroatoms. The molecule has 0 saturated carbocycles. The summed E-state index contributed by atoms with van der Waals surface area (Å²) in [5.41, 5.74) is 0.766. The normalized spacial score (nSPS) is 17.6. The molecule has 35 heavy (non-hydrogen) atoms. The Morgan fingerprint density at radius 1 is 1.17 bits per heavy atom. The van der Waals surface area contributed by atoms with E-state index in [1.54, 1.807) is 37.3 Å². The molecule has 1 aliphatic heterocycles. The fourth-order valence-corrected chi connectivity index (χ4v) is 4.45. The smallest absolute Gasteiger partial charge is 0.409 e. The Morgan fingerprint density at radius 3 is 2.46 bits per heavy atom. The van der Waals surface area contributed by atoms with E-state index in [9.17, 15) is 22.8 Å². The zero-order chi connectivity index (χ0) is 25.3. The lowest BCUT2D eigenvalue weighted by molar-refractivity contribution is -0.151. The Hall–Kier alpha value is -3.46. The zero-order valence-corrected chi connectivity index (χ0v) is 19.6. The number of carbonyl (C=O) groups excluding carboxylic acids is 2. The van der Waals surface area contributed by atoms with Crippen molar-refractivity contribution in [1.29, 1.82) is 0 Å². The summed E-state index contributed by atoms with van der Waals surface area (Å²) in [6, 6.07) is 10.2. The van der Waals surface area contributed by atoms with Gasteiger partial charge in [-0.2, -0.15) is 13.2 Å². The third-order valence-electron chi connectivity index (χ3n) is 5.93. The predicted octanol–water partition coefficient (Wildman–Crippen LogP) is 6.41. The van der Waals surface area contributed by atoms with E-state index in [4.69, 9.17) is 20.8 Å². The average molecular weight is 507 g/mol. The van der Waals surface area contributed by atoms with Crippen molar-refractivity contribution in [2.45, 2.75) is 38.0 Å². The van der Waals surface area contributed by atoms with Crippen LogP contribution in [0.3, 0.4) is 0 Å². The van der Waals surface area contributed by atoms with Gasteiger partial charge in [-0.3, -0.25) is 14.5 Å². The number of rotatable bonds is 5. The predicted molar refractivity (Wildman–Crippen MR) is 125 cm³/mol. The van der Waals surface area contributed by atoms with Crippen LogP contribution < -0.4 is 14.5 Å². The molecular weight excluding hydrogens is 485 g/mol. The fraction of sp³-hybridized carbons (Fsp3) is 0.280. The summed E-state index contributed by atoms with van der Waals surface area (Å²) in [7, 11) is 1.43. The topological polar surface area (TPSA) is 63.0 Å². The molecule has 6 nitrogen and oxygen atoms in total. The standard InChI is InChI=1S/C25H22ClF3N2O4/c1-3-23(32)30(16-8-6-15(26)7-9-16)20-14-22(25(27,28)29)31(24(33)21-5-4-12-35-21)19-11-10-17(34-2)13-18(19)20/h4-13,20,22H,3,14H2,1-2H3/t20-,22-/m1/s1. The molecule has 184 valence electrons. The van der Waals surface area contributed by atoms with Crippen molar-refractivity contribution in [3.05, 3.63) is 77.2 Å². The summed E-state index contributed by atoms with van der Waals surface area (Å²) in [4.78, 5) is 28.3. The lowest BCUT2D eigenvalue weighted by Gasteiger charge is -2.44. The molecular formula is C25H22ClF3N2O4. The first-order chi connectivity index (χ1) is 16.7. The third-order valence-corrected chi connectivity index (χ3v) is 6.18. The first kappa shape index (κ1) is 24.7. The van der Waals surface area contributed by atoms with E-state index < -0.39 is 30.6 Å². The van der Waals surface area contributed by atoms with Gasteiger partial charge in [0.05, 0.1) is 25.1 Å². The van der Waals surface area contributed by atoms with Gasteiger partial charge in [-0.05, 0) is 54.6 Å². The van der Waals surface area contributed by atoms with E-state index in [1.165, 1.54) is 42.5 Å². The Bertz CT molecular complexity index is 1210. The van der Waals surface area contributed by atoms with Gasteiger partial charge >= 0.3 is 6.18 Å². The van der Waals surface area contributed by atoms with Crippen molar-refractivity contribution in [2.75, 3.05) is 16.9 Å². The van der Waals surface area contributed by atoms with Gasteiger partial charge in [0.25, 0.3) is 5.91 Å². The van der Waals surface area contributed by atoms with E-state index in [0.717, 1.165) is 0 Å². The number of carbonyl (C=O) groups is 2. The van der Waals surface area contributed by atoms with Crippen molar-refractivity contribution in [2.24, 2.45) is 0 Å². The van der Waals surface area contributed by atoms with Gasteiger partial charge in [0.1, 0.15) is 11.8 Å².